The Kier molecular flexibility index (Phi) is 2.67. The lowest BCUT2D eigenvalue weighted by Gasteiger charge is -2.03. The van der Waals surface area contributed by atoms with E-state index in [1.165, 1.54) is 12.1 Å². The first-order valence-corrected chi connectivity index (χ1v) is 4.63. The van der Waals surface area contributed by atoms with Gasteiger partial charge in [0.15, 0.2) is 0 Å². The van der Waals surface area contributed by atoms with E-state index in [-0.39, 0.29) is 5.82 Å². The van der Waals surface area contributed by atoms with Crippen LogP contribution in [0.15, 0.2) is 30.5 Å². The van der Waals surface area contributed by atoms with Crippen molar-refractivity contribution in [2.24, 2.45) is 0 Å². The second-order valence-corrected chi connectivity index (χ2v) is 3.26. The molecule has 1 heterocycles. The Bertz CT molecular complexity index is 453. The maximum Gasteiger partial charge on any atom is 0.146 e. The van der Waals surface area contributed by atoms with E-state index >= 15 is 0 Å². The summed E-state index contributed by atoms with van der Waals surface area (Å²) in [5, 5.41) is 0. The smallest absolute Gasteiger partial charge is 0.146 e. The minimum absolute atomic E-state index is 0.303. The lowest BCUT2D eigenvalue weighted by Crippen LogP contribution is -1.97. The molecule has 3 nitrogen and oxygen atoms in total. The van der Waals surface area contributed by atoms with Crippen molar-refractivity contribution >= 4 is 0 Å². The minimum Gasteiger partial charge on any atom is -0.486 e. The minimum atomic E-state index is -0.303. The molecule has 0 unspecified atom stereocenters. The number of imidazole rings is 1. The number of nitrogens with zero attached hydrogens (tertiary/aromatic N) is 1. The molecule has 0 amide bonds. The van der Waals surface area contributed by atoms with Gasteiger partial charge < -0.3 is 9.72 Å². The highest BCUT2D eigenvalue weighted by molar-refractivity contribution is 5.22. The van der Waals surface area contributed by atoms with Crippen LogP contribution < -0.4 is 4.74 Å². The van der Waals surface area contributed by atoms with Crippen molar-refractivity contribution in [2.45, 2.75) is 13.5 Å². The van der Waals surface area contributed by atoms with Crippen LogP contribution in [-0.4, -0.2) is 9.97 Å². The number of aryl methyl sites for hydroxylation is 1. The third kappa shape index (κ3) is 2.56. The molecular formula is C11H11FN2O. The predicted molar refractivity (Wildman–Crippen MR) is 54.1 cm³/mol. The zero-order valence-electron chi connectivity index (χ0n) is 8.33. The van der Waals surface area contributed by atoms with E-state index in [4.69, 9.17) is 4.74 Å². The number of rotatable bonds is 3. The summed E-state index contributed by atoms with van der Waals surface area (Å²) in [6.45, 7) is 2.23. The van der Waals surface area contributed by atoms with Gasteiger partial charge in [0.1, 0.15) is 24.0 Å². The molecule has 0 fully saturated rings. The number of H-pyrrole nitrogens is 1. The molecule has 0 saturated heterocycles. The molecule has 1 N–H and O–H groups in total. The third-order valence-corrected chi connectivity index (χ3v) is 1.93. The molecule has 78 valence electrons. The van der Waals surface area contributed by atoms with Crippen molar-refractivity contribution in [2.75, 3.05) is 0 Å². The third-order valence-electron chi connectivity index (χ3n) is 1.93. The number of nitrogens with one attached hydrogen (secondary N) is 1. The summed E-state index contributed by atoms with van der Waals surface area (Å²) in [7, 11) is 0. The molecule has 0 atom stereocenters. The van der Waals surface area contributed by atoms with Crippen LogP contribution >= 0.6 is 0 Å². The molecular weight excluding hydrogens is 195 g/mol. The number of aromatic nitrogens is 2. The number of aromatic amines is 1. The molecule has 0 aliphatic heterocycles. The quantitative estimate of drug-likeness (QED) is 0.837. The van der Waals surface area contributed by atoms with Gasteiger partial charge in [0.25, 0.3) is 0 Å². The van der Waals surface area contributed by atoms with Crippen LogP contribution in [-0.2, 0) is 6.61 Å². The Balaban J connectivity index is 1.99. The first-order chi connectivity index (χ1) is 7.24. The summed E-state index contributed by atoms with van der Waals surface area (Å²) in [5.74, 6) is 0.934. The molecule has 0 aliphatic rings. The number of hydrogen-bond acceptors (Lipinski definition) is 2. The molecule has 2 aromatic rings. The molecule has 1 aromatic heterocycles. The van der Waals surface area contributed by atoms with Gasteiger partial charge in [-0.15, -0.1) is 0 Å². The molecule has 2 rings (SSSR count). The topological polar surface area (TPSA) is 37.9 Å². The Hall–Kier alpha value is -1.84. The Morgan fingerprint density at radius 1 is 1.47 bits per heavy atom. The molecule has 0 aliphatic carbocycles. The average Bonchev–Trinajstić information content (AvgIpc) is 2.62. The molecule has 1 aromatic carbocycles. The van der Waals surface area contributed by atoms with Gasteiger partial charge in [0.2, 0.25) is 0 Å². The van der Waals surface area contributed by atoms with Crippen molar-refractivity contribution in [3.63, 3.8) is 0 Å². The molecule has 0 saturated carbocycles. The number of ether oxygens (including phenoxy) is 1. The van der Waals surface area contributed by atoms with Gasteiger partial charge in [-0.3, -0.25) is 0 Å². The highest BCUT2D eigenvalue weighted by Crippen LogP contribution is 2.13. The lowest BCUT2D eigenvalue weighted by molar-refractivity contribution is 0.295. The number of halogens is 1. The largest absolute Gasteiger partial charge is 0.486 e. The molecule has 15 heavy (non-hydrogen) atoms. The van der Waals surface area contributed by atoms with Gasteiger partial charge in [0, 0.05) is 18.0 Å². The van der Waals surface area contributed by atoms with Crippen molar-refractivity contribution in [3.8, 4) is 5.75 Å². The van der Waals surface area contributed by atoms with Crippen LogP contribution in [0.1, 0.15) is 11.5 Å². The van der Waals surface area contributed by atoms with E-state index < -0.39 is 0 Å². The summed E-state index contributed by atoms with van der Waals surface area (Å²) < 4.78 is 18.1. The molecule has 0 spiro atoms. The SMILES string of the molecule is Cc1cnc(COc2cccc(F)c2)[nH]1. The molecule has 0 radical (unpaired) electrons. The average molecular weight is 206 g/mol. The second-order valence-electron chi connectivity index (χ2n) is 3.26. The monoisotopic (exact) mass is 206 g/mol. The molecule has 0 bridgehead atoms. The second kappa shape index (κ2) is 4.13. The van der Waals surface area contributed by atoms with Gasteiger partial charge in [-0.2, -0.15) is 0 Å². The lowest BCUT2D eigenvalue weighted by atomic mass is 10.3. The Morgan fingerprint density at radius 2 is 2.33 bits per heavy atom. The number of benzene rings is 1. The summed E-state index contributed by atoms with van der Waals surface area (Å²) in [6.07, 6.45) is 1.73. The summed E-state index contributed by atoms with van der Waals surface area (Å²) in [6, 6.07) is 6.04. The van der Waals surface area contributed by atoms with E-state index in [9.17, 15) is 4.39 Å². The maximum atomic E-state index is 12.8. The van der Waals surface area contributed by atoms with E-state index in [1.54, 1.807) is 18.3 Å². The Labute approximate surface area is 86.9 Å². The fourth-order valence-corrected chi connectivity index (χ4v) is 1.25. The highest BCUT2D eigenvalue weighted by atomic mass is 19.1. The Morgan fingerprint density at radius 3 is 3.00 bits per heavy atom. The van der Waals surface area contributed by atoms with Gasteiger partial charge in [-0.25, -0.2) is 9.37 Å². The van der Waals surface area contributed by atoms with Crippen molar-refractivity contribution in [1.29, 1.82) is 0 Å². The highest BCUT2D eigenvalue weighted by Gasteiger charge is 1.99. The van der Waals surface area contributed by atoms with E-state index in [1.807, 2.05) is 6.92 Å². The zero-order valence-corrected chi connectivity index (χ0v) is 8.33. The predicted octanol–water partition coefficient (Wildman–Crippen LogP) is 2.44. The van der Waals surface area contributed by atoms with Crippen molar-refractivity contribution in [3.05, 3.63) is 47.8 Å². The fraction of sp³-hybridized carbons (Fsp3) is 0.182. The normalized spacial score (nSPS) is 10.3. The van der Waals surface area contributed by atoms with E-state index in [2.05, 4.69) is 9.97 Å². The maximum absolute atomic E-state index is 12.8. The van der Waals surface area contributed by atoms with Crippen molar-refractivity contribution < 1.29 is 9.13 Å². The summed E-state index contributed by atoms with van der Waals surface area (Å²) in [5.41, 5.74) is 0.979. The summed E-state index contributed by atoms with van der Waals surface area (Å²) >= 11 is 0. The molecule has 4 heteroatoms. The zero-order chi connectivity index (χ0) is 10.7. The van der Waals surface area contributed by atoms with Gasteiger partial charge in [-0.05, 0) is 19.1 Å². The van der Waals surface area contributed by atoms with Crippen LogP contribution in [0.25, 0.3) is 0 Å². The van der Waals surface area contributed by atoms with Crippen LogP contribution in [0.5, 0.6) is 5.75 Å². The van der Waals surface area contributed by atoms with Gasteiger partial charge in [0.05, 0.1) is 0 Å². The van der Waals surface area contributed by atoms with Gasteiger partial charge in [-0.1, -0.05) is 6.07 Å². The fourth-order valence-electron chi connectivity index (χ4n) is 1.25. The van der Waals surface area contributed by atoms with Crippen LogP contribution in [0.2, 0.25) is 0 Å². The van der Waals surface area contributed by atoms with E-state index in [0.29, 0.717) is 12.4 Å². The first-order valence-electron chi connectivity index (χ1n) is 4.63. The van der Waals surface area contributed by atoms with Gasteiger partial charge >= 0.3 is 0 Å². The number of hydrogen-bond donors (Lipinski definition) is 1. The van der Waals surface area contributed by atoms with E-state index in [0.717, 1.165) is 11.5 Å². The standard InChI is InChI=1S/C11H11FN2O/c1-8-6-13-11(14-8)7-15-10-4-2-3-9(12)5-10/h2-6H,7H2,1H3,(H,13,14). The summed E-state index contributed by atoms with van der Waals surface area (Å²) in [4.78, 5) is 7.11. The van der Waals surface area contributed by atoms with Crippen LogP contribution in [0, 0.1) is 12.7 Å². The first kappa shape index (κ1) is 9.71. The van der Waals surface area contributed by atoms with Crippen molar-refractivity contribution in [1.82, 2.24) is 9.97 Å². The van der Waals surface area contributed by atoms with Crippen LogP contribution in [0.4, 0.5) is 4.39 Å². The van der Waals surface area contributed by atoms with Crippen LogP contribution in [0.3, 0.4) is 0 Å².